The van der Waals surface area contributed by atoms with Gasteiger partial charge in [0.1, 0.15) is 23.9 Å². The molecule has 4 rings (SSSR count). The van der Waals surface area contributed by atoms with Gasteiger partial charge in [0, 0.05) is 18.3 Å². The molecule has 3 aromatic rings. The van der Waals surface area contributed by atoms with E-state index in [4.69, 9.17) is 16.7 Å². The Hall–Kier alpha value is -3.15. The Balaban J connectivity index is 1.49. The number of carbonyl (C=O) groups is 1. The molecular formula is C22H22ClF3N6O6S. The molecule has 2 aromatic heterocycles. The van der Waals surface area contributed by atoms with Gasteiger partial charge in [0.2, 0.25) is 5.78 Å². The molecule has 1 fully saturated rings. The molecule has 1 saturated carbocycles. The summed E-state index contributed by atoms with van der Waals surface area (Å²) in [5, 5.41) is 32.1. The number of nitrogens with one attached hydrogen (secondary N) is 1. The molecule has 0 bridgehead atoms. The van der Waals surface area contributed by atoms with E-state index in [9.17, 15) is 36.6 Å². The van der Waals surface area contributed by atoms with E-state index in [-0.39, 0.29) is 35.6 Å². The minimum absolute atomic E-state index is 0.0151. The second-order valence-electron chi connectivity index (χ2n) is 8.83. The maximum Gasteiger partial charge on any atom is 0.417 e. The van der Waals surface area contributed by atoms with Gasteiger partial charge in [-0.05, 0) is 30.2 Å². The van der Waals surface area contributed by atoms with Crippen LogP contribution < -0.4 is 10.5 Å². The van der Waals surface area contributed by atoms with Crippen LogP contribution in [0.4, 0.5) is 19.0 Å². The van der Waals surface area contributed by atoms with Gasteiger partial charge in [-0.25, -0.2) is 15.1 Å². The Kier molecular flexibility index (Phi) is 8.25. The molecule has 0 aliphatic heterocycles. The zero-order chi connectivity index (χ0) is 28.5. The van der Waals surface area contributed by atoms with Crippen molar-refractivity contribution in [1.29, 1.82) is 0 Å². The zero-order valence-electron chi connectivity index (χ0n) is 19.8. The van der Waals surface area contributed by atoms with E-state index in [1.165, 1.54) is 29.2 Å². The van der Waals surface area contributed by atoms with Gasteiger partial charge in [-0.3, -0.25) is 13.7 Å². The summed E-state index contributed by atoms with van der Waals surface area (Å²) < 4.78 is 67.4. The van der Waals surface area contributed by atoms with Gasteiger partial charge in [0.25, 0.3) is 0 Å². The van der Waals surface area contributed by atoms with Crippen molar-refractivity contribution in [2.45, 2.75) is 37.4 Å². The Morgan fingerprint density at radius 1 is 1.26 bits per heavy atom. The number of alkyl halides is 3. The largest absolute Gasteiger partial charge is 0.417 e. The topological polar surface area (TPSA) is 183 Å². The molecule has 2 heterocycles. The molecule has 0 amide bonds. The smallest absolute Gasteiger partial charge is 0.390 e. The van der Waals surface area contributed by atoms with Crippen LogP contribution in [0.5, 0.6) is 0 Å². The summed E-state index contributed by atoms with van der Waals surface area (Å²) in [6, 6.07) is 3.99. The summed E-state index contributed by atoms with van der Waals surface area (Å²) in [5.41, 5.74) is -0.808. The summed E-state index contributed by atoms with van der Waals surface area (Å²) in [7, 11) is -4.25. The Morgan fingerprint density at radius 2 is 2.00 bits per heavy atom. The van der Waals surface area contributed by atoms with Crippen molar-refractivity contribution in [2.75, 3.05) is 11.9 Å². The van der Waals surface area contributed by atoms with Crippen LogP contribution in [-0.2, 0) is 27.2 Å². The molecule has 1 aromatic carbocycles. The first-order valence-electron chi connectivity index (χ1n) is 11.3. The lowest BCUT2D eigenvalue weighted by Gasteiger charge is -2.19. The van der Waals surface area contributed by atoms with E-state index < -0.39 is 63.6 Å². The molecule has 1 aliphatic rings. The SMILES string of the molecule is NS(=O)(=O)OC[C@H]1C[C@@H](Nc2ncncc2C(=O)c2ccn(Cc3ccc(Cl)c(C(F)(F)F)c3)n2)[C@H](O)[C@@H]1O. The van der Waals surface area contributed by atoms with Crippen molar-refractivity contribution in [3.05, 3.63) is 70.4 Å². The number of aromatic nitrogens is 4. The fourth-order valence-corrected chi connectivity index (χ4v) is 4.77. The van der Waals surface area contributed by atoms with Gasteiger partial charge in [-0.15, -0.1) is 0 Å². The highest BCUT2D eigenvalue weighted by atomic mass is 35.5. The lowest BCUT2D eigenvalue weighted by Crippen LogP contribution is -2.36. The first kappa shape index (κ1) is 28.8. The van der Waals surface area contributed by atoms with Gasteiger partial charge in [-0.1, -0.05) is 17.7 Å². The van der Waals surface area contributed by atoms with Crippen molar-refractivity contribution in [1.82, 2.24) is 19.7 Å². The highest BCUT2D eigenvalue weighted by molar-refractivity contribution is 7.84. The zero-order valence-corrected chi connectivity index (χ0v) is 21.4. The normalized spacial score (nSPS) is 21.7. The predicted molar refractivity (Wildman–Crippen MR) is 130 cm³/mol. The standard InChI is InChI=1S/C22H22ClF3N6O6S/c23-15-2-1-11(5-14(15)22(24,25)26)8-32-4-3-16(31-32)19(34)13-7-28-10-29-21(13)30-17-6-12(18(33)20(17)35)9-38-39(27,36)37/h1-5,7,10,12,17-18,20,33,35H,6,8-9H2,(H2,27,36,37)(H,28,29,30)/t12-,17-,18-,20+/m1/s1. The monoisotopic (exact) mass is 590 g/mol. The number of nitrogens with zero attached hydrogens (tertiary/aromatic N) is 4. The number of hydrogen-bond donors (Lipinski definition) is 4. The van der Waals surface area contributed by atoms with Crippen LogP contribution >= 0.6 is 11.6 Å². The van der Waals surface area contributed by atoms with Crippen LogP contribution in [0.3, 0.4) is 0 Å². The molecule has 0 radical (unpaired) electrons. The summed E-state index contributed by atoms with van der Waals surface area (Å²) in [6.07, 6.45) is -3.48. The lowest BCUT2D eigenvalue weighted by atomic mass is 10.1. The van der Waals surface area contributed by atoms with Crippen molar-refractivity contribution in [3.63, 3.8) is 0 Å². The number of nitrogens with two attached hydrogens (primary N) is 1. The average Bonchev–Trinajstić information content (AvgIpc) is 3.43. The molecule has 39 heavy (non-hydrogen) atoms. The maximum atomic E-state index is 13.2. The molecule has 12 nitrogen and oxygen atoms in total. The number of hydrogen-bond acceptors (Lipinski definition) is 10. The highest BCUT2D eigenvalue weighted by Crippen LogP contribution is 2.35. The summed E-state index contributed by atoms with van der Waals surface area (Å²) >= 11 is 5.66. The van der Waals surface area contributed by atoms with Crippen molar-refractivity contribution in [3.8, 4) is 0 Å². The molecule has 5 N–H and O–H groups in total. The van der Waals surface area contributed by atoms with Gasteiger partial charge >= 0.3 is 16.5 Å². The number of halogens is 4. The average molecular weight is 591 g/mol. The Bertz CT molecular complexity index is 1470. The van der Waals surface area contributed by atoms with E-state index in [1.807, 2.05) is 0 Å². The van der Waals surface area contributed by atoms with Crippen LogP contribution in [0.2, 0.25) is 5.02 Å². The number of benzene rings is 1. The molecular weight excluding hydrogens is 569 g/mol. The van der Waals surface area contributed by atoms with Crippen molar-refractivity contribution >= 4 is 33.5 Å². The fraction of sp³-hybridized carbons (Fsp3) is 0.364. The predicted octanol–water partition coefficient (Wildman–Crippen LogP) is 1.37. The van der Waals surface area contributed by atoms with Crippen molar-refractivity contribution < 1.29 is 40.8 Å². The third-order valence-electron chi connectivity index (χ3n) is 6.08. The minimum atomic E-state index is -4.63. The molecule has 210 valence electrons. The second kappa shape index (κ2) is 11.1. The Labute approximate surface area is 224 Å². The van der Waals surface area contributed by atoms with Crippen LogP contribution in [-0.4, -0.2) is 69.0 Å². The summed E-state index contributed by atoms with van der Waals surface area (Å²) in [5.74, 6) is -1.38. The van der Waals surface area contributed by atoms with E-state index >= 15 is 0 Å². The first-order valence-corrected chi connectivity index (χ1v) is 13.1. The number of aliphatic hydroxyl groups excluding tert-OH is 2. The first-order chi connectivity index (χ1) is 18.2. The molecule has 0 spiro atoms. The van der Waals surface area contributed by atoms with Gasteiger partial charge < -0.3 is 15.5 Å². The quantitative estimate of drug-likeness (QED) is 0.265. The van der Waals surface area contributed by atoms with Crippen LogP contribution in [0.25, 0.3) is 0 Å². The van der Waals surface area contributed by atoms with Gasteiger partial charge in [-0.2, -0.15) is 26.7 Å². The van der Waals surface area contributed by atoms with E-state index in [2.05, 4.69) is 24.6 Å². The number of ketones is 1. The van der Waals surface area contributed by atoms with E-state index in [1.54, 1.807) is 0 Å². The van der Waals surface area contributed by atoms with Crippen LogP contribution in [0.1, 0.15) is 33.6 Å². The minimum Gasteiger partial charge on any atom is -0.390 e. The third kappa shape index (κ3) is 6.90. The summed E-state index contributed by atoms with van der Waals surface area (Å²) in [6.45, 7) is -0.529. The van der Waals surface area contributed by atoms with E-state index in [0.29, 0.717) is 0 Å². The fourth-order valence-electron chi connectivity index (χ4n) is 4.19. The number of rotatable bonds is 9. The molecule has 17 heteroatoms. The summed E-state index contributed by atoms with van der Waals surface area (Å²) in [4.78, 5) is 21.1. The second-order valence-corrected chi connectivity index (χ2v) is 10.5. The Morgan fingerprint density at radius 3 is 2.69 bits per heavy atom. The number of anilines is 1. The molecule has 1 aliphatic carbocycles. The number of aliphatic hydroxyl groups is 2. The van der Waals surface area contributed by atoms with Crippen molar-refractivity contribution in [2.24, 2.45) is 11.1 Å². The maximum absolute atomic E-state index is 13.2. The molecule has 0 saturated heterocycles. The third-order valence-corrected chi connectivity index (χ3v) is 6.88. The van der Waals surface area contributed by atoms with Crippen LogP contribution in [0, 0.1) is 5.92 Å². The lowest BCUT2D eigenvalue weighted by molar-refractivity contribution is -0.137. The molecule has 4 atom stereocenters. The van der Waals surface area contributed by atoms with Gasteiger partial charge in [0.15, 0.2) is 0 Å². The van der Waals surface area contributed by atoms with E-state index in [0.717, 1.165) is 18.5 Å². The molecule has 0 unspecified atom stereocenters. The van der Waals surface area contributed by atoms with Gasteiger partial charge in [0.05, 0.1) is 41.4 Å². The number of carbonyl (C=O) groups excluding carboxylic acids is 1. The highest BCUT2D eigenvalue weighted by Gasteiger charge is 2.42. The van der Waals surface area contributed by atoms with Crippen LogP contribution in [0.15, 0.2) is 43.0 Å².